The maximum atomic E-state index is 11.5. The monoisotopic (exact) mass is 263 g/mol. The van der Waals surface area contributed by atoms with Crippen molar-refractivity contribution >= 4 is 9.84 Å². The molecule has 0 aromatic carbocycles. The van der Waals surface area contributed by atoms with E-state index in [1.54, 1.807) is 6.92 Å². The van der Waals surface area contributed by atoms with E-state index in [9.17, 15) is 8.42 Å². The Hall–Kier alpha value is -0.430. The Morgan fingerprint density at radius 3 is 2.59 bits per heavy atom. The molecule has 5 nitrogen and oxygen atoms in total. The van der Waals surface area contributed by atoms with Gasteiger partial charge in [-0.05, 0) is 26.2 Å². The second-order valence-corrected chi connectivity index (χ2v) is 6.23. The van der Waals surface area contributed by atoms with Crippen molar-refractivity contribution in [1.82, 2.24) is 0 Å². The molecule has 1 aliphatic rings. The van der Waals surface area contributed by atoms with Crippen LogP contribution in [0.15, 0.2) is 11.5 Å². The first-order valence-corrected chi connectivity index (χ1v) is 7.61. The van der Waals surface area contributed by atoms with Crippen molar-refractivity contribution in [3.8, 4) is 0 Å². The molecule has 100 valence electrons. The molecule has 1 saturated heterocycles. The lowest BCUT2D eigenvalue weighted by Gasteiger charge is -2.07. The van der Waals surface area contributed by atoms with Crippen molar-refractivity contribution in [1.29, 1.82) is 0 Å². The molecule has 1 heterocycles. The zero-order valence-electron chi connectivity index (χ0n) is 10.2. The zero-order chi connectivity index (χ0) is 12.7. The number of hydrogen-bond acceptors (Lipinski definition) is 5. The van der Waals surface area contributed by atoms with Crippen LogP contribution in [0.25, 0.3) is 0 Å². The quantitative estimate of drug-likeness (QED) is 0.687. The van der Waals surface area contributed by atoms with Crippen molar-refractivity contribution in [2.24, 2.45) is 5.73 Å². The predicted octanol–water partition coefficient (Wildman–Crippen LogP) is 0.805. The molecule has 0 amide bonds. The highest BCUT2D eigenvalue weighted by atomic mass is 32.2. The second kappa shape index (κ2) is 7.10. The normalized spacial score (nSPS) is 20.1. The van der Waals surface area contributed by atoms with E-state index in [1.807, 2.05) is 0 Å². The van der Waals surface area contributed by atoms with Gasteiger partial charge in [-0.3, -0.25) is 0 Å². The molecule has 1 fully saturated rings. The van der Waals surface area contributed by atoms with Crippen LogP contribution in [0, 0.1) is 0 Å². The first-order chi connectivity index (χ1) is 7.99. The Kier molecular flexibility index (Phi) is 6.11. The molecule has 0 bridgehead atoms. The van der Waals surface area contributed by atoms with Gasteiger partial charge in [0.05, 0.1) is 19.0 Å². The summed E-state index contributed by atoms with van der Waals surface area (Å²) < 4.78 is 33.6. The minimum absolute atomic E-state index is 0.141. The van der Waals surface area contributed by atoms with Gasteiger partial charge in [-0.2, -0.15) is 0 Å². The fourth-order valence-corrected chi connectivity index (χ4v) is 2.73. The third kappa shape index (κ3) is 6.78. The highest BCUT2D eigenvalue weighted by Crippen LogP contribution is 2.12. The first kappa shape index (κ1) is 14.6. The summed E-state index contributed by atoms with van der Waals surface area (Å²) in [5, 5.41) is 1.21. The Morgan fingerprint density at radius 2 is 2.00 bits per heavy atom. The Morgan fingerprint density at radius 1 is 1.35 bits per heavy atom. The maximum absolute atomic E-state index is 11.5. The van der Waals surface area contributed by atoms with Gasteiger partial charge < -0.3 is 15.2 Å². The first-order valence-electron chi connectivity index (χ1n) is 5.89. The highest BCUT2D eigenvalue weighted by molar-refractivity contribution is 7.94. The van der Waals surface area contributed by atoms with Crippen molar-refractivity contribution in [3.05, 3.63) is 11.5 Å². The summed E-state index contributed by atoms with van der Waals surface area (Å²) in [4.78, 5) is 0. The van der Waals surface area contributed by atoms with Crippen LogP contribution in [0.3, 0.4) is 0 Å². The number of hydrogen-bond donors (Lipinski definition) is 1. The van der Waals surface area contributed by atoms with Crippen molar-refractivity contribution in [2.75, 3.05) is 19.0 Å². The van der Waals surface area contributed by atoms with Crippen LogP contribution < -0.4 is 5.73 Å². The number of nitrogens with two attached hydrogens (primary N) is 1. The third-order valence-corrected chi connectivity index (χ3v) is 3.83. The largest absolute Gasteiger partial charge is 0.350 e. The van der Waals surface area contributed by atoms with Gasteiger partial charge in [0.25, 0.3) is 0 Å². The van der Waals surface area contributed by atoms with Gasteiger partial charge in [-0.1, -0.05) is 6.08 Å². The molecule has 0 aromatic rings. The summed E-state index contributed by atoms with van der Waals surface area (Å²) in [6.07, 6.45) is 3.52. The number of ether oxygens (including phenoxy) is 2. The van der Waals surface area contributed by atoms with Crippen LogP contribution in [0.4, 0.5) is 0 Å². The molecule has 0 unspecified atom stereocenters. The van der Waals surface area contributed by atoms with Gasteiger partial charge in [0.1, 0.15) is 0 Å². The van der Waals surface area contributed by atoms with Crippen LogP contribution in [0.5, 0.6) is 0 Å². The van der Waals surface area contributed by atoms with Crippen LogP contribution in [-0.2, 0) is 19.3 Å². The molecule has 0 saturated carbocycles. The summed E-state index contributed by atoms with van der Waals surface area (Å²) >= 11 is 0. The van der Waals surface area contributed by atoms with E-state index in [-0.39, 0.29) is 18.1 Å². The van der Waals surface area contributed by atoms with Gasteiger partial charge >= 0.3 is 0 Å². The fraction of sp³-hybridized carbons (Fsp3) is 0.818. The molecule has 6 heteroatoms. The lowest BCUT2D eigenvalue weighted by molar-refractivity contribution is -0.0477. The summed E-state index contributed by atoms with van der Waals surface area (Å²) in [6, 6.07) is -0.231. The Balaban J connectivity index is 2.16. The lowest BCUT2D eigenvalue weighted by Crippen LogP contribution is -2.12. The van der Waals surface area contributed by atoms with Crippen LogP contribution >= 0.6 is 0 Å². The molecular weight excluding hydrogens is 242 g/mol. The fourth-order valence-electron chi connectivity index (χ4n) is 1.50. The Bertz CT molecular complexity index is 331. The molecule has 0 aromatic heterocycles. The van der Waals surface area contributed by atoms with Gasteiger partial charge in [-0.15, -0.1) is 0 Å². The average molecular weight is 263 g/mol. The van der Waals surface area contributed by atoms with E-state index < -0.39 is 9.84 Å². The molecule has 1 atom stereocenters. The summed E-state index contributed by atoms with van der Waals surface area (Å²) in [5.41, 5.74) is 5.45. The number of unbranched alkanes of at least 4 members (excludes halogenated alkanes) is 1. The summed E-state index contributed by atoms with van der Waals surface area (Å²) in [5.74, 6) is 0.156. The predicted molar refractivity (Wildman–Crippen MR) is 66.1 cm³/mol. The van der Waals surface area contributed by atoms with Crippen molar-refractivity contribution < 1.29 is 17.9 Å². The van der Waals surface area contributed by atoms with E-state index in [0.29, 0.717) is 19.6 Å². The molecule has 0 radical (unpaired) electrons. The minimum Gasteiger partial charge on any atom is -0.350 e. The smallest absolute Gasteiger partial charge is 0.171 e. The van der Waals surface area contributed by atoms with Crippen molar-refractivity contribution in [3.63, 3.8) is 0 Å². The zero-order valence-corrected chi connectivity index (χ0v) is 11.0. The Labute approximate surface area is 103 Å². The third-order valence-electron chi connectivity index (χ3n) is 2.40. The molecule has 0 spiro atoms. The number of rotatable bonds is 7. The highest BCUT2D eigenvalue weighted by Gasteiger charge is 2.15. The van der Waals surface area contributed by atoms with Gasteiger partial charge in [0.2, 0.25) is 0 Å². The van der Waals surface area contributed by atoms with E-state index in [4.69, 9.17) is 15.2 Å². The SMILES string of the molecule is C[C@@H](N)/C=C\S(=O)(=O)CCCCC1OCCO1. The molecule has 1 aliphatic heterocycles. The lowest BCUT2D eigenvalue weighted by atomic mass is 10.2. The summed E-state index contributed by atoms with van der Waals surface area (Å²) in [6.45, 7) is 3.01. The van der Waals surface area contributed by atoms with Gasteiger partial charge in [-0.25, -0.2) is 8.42 Å². The average Bonchev–Trinajstić information content (AvgIpc) is 2.75. The topological polar surface area (TPSA) is 78.6 Å². The summed E-state index contributed by atoms with van der Waals surface area (Å²) in [7, 11) is -3.11. The van der Waals surface area contributed by atoms with Gasteiger partial charge in [0.15, 0.2) is 16.1 Å². The van der Waals surface area contributed by atoms with E-state index in [1.165, 1.54) is 11.5 Å². The number of sulfone groups is 1. The van der Waals surface area contributed by atoms with E-state index in [0.717, 1.165) is 12.8 Å². The molecular formula is C11H21NO4S. The minimum atomic E-state index is -3.11. The second-order valence-electron chi connectivity index (χ2n) is 4.22. The standard InChI is InChI=1S/C11H21NO4S/c1-10(12)5-9-17(13,14)8-3-2-4-11-15-6-7-16-11/h5,9-11H,2-4,6-8,12H2,1H3/b9-5-/t10-/m1/s1. The van der Waals surface area contributed by atoms with Crippen molar-refractivity contribution in [2.45, 2.75) is 38.5 Å². The van der Waals surface area contributed by atoms with Crippen LogP contribution in [0.2, 0.25) is 0 Å². The van der Waals surface area contributed by atoms with Crippen LogP contribution in [0.1, 0.15) is 26.2 Å². The molecule has 17 heavy (non-hydrogen) atoms. The molecule has 2 N–H and O–H groups in total. The van der Waals surface area contributed by atoms with Crippen LogP contribution in [-0.4, -0.2) is 39.7 Å². The molecule has 0 aliphatic carbocycles. The maximum Gasteiger partial charge on any atom is 0.171 e. The van der Waals surface area contributed by atoms with E-state index >= 15 is 0 Å². The molecule has 1 rings (SSSR count). The van der Waals surface area contributed by atoms with Gasteiger partial charge in [0, 0.05) is 11.4 Å². The van der Waals surface area contributed by atoms with E-state index in [2.05, 4.69) is 0 Å².